The third-order valence-electron chi connectivity index (χ3n) is 2.32. The van der Waals surface area contributed by atoms with Gasteiger partial charge in [-0.2, -0.15) is 0 Å². The minimum absolute atomic E-state index is 0.224. The average Bonchev–Trinajstić information content (AvgIpc) is 2.16. The molecule has 0 heterocycles. The van der Waals surface area contributed by atoms with E-state index in [0.717, 1.165) is 5.56 Å². The summed E-state index contributed by atoms with van der Waals surface area (Å²) in [6.07, 6.45) is -1.29. The molecule has 0 spiro atoms. The molecule has 4 nitrogen and oxygen atoms in total. The largest absolute Gasteiger partial charge is 0.511 e. The van der Waals surface area contributed by atoms with E-state index in [1.165, 1.54) is 0 Å². The van der Waals surface area contributed by atoms with E-state index in [1.54, 1.807) is 18.2 Å². The van der Waals surface area contributed by atoms with E-state index < -0.39 is 6.16 Å². The lowest BCUT2D eigenvalue weighted by Gasteiger charge is -2.20. The SMILES string of the molecule is C[C@@H](c1cccc(OC(=O)O)c1)N(C)C. The third kappa shape index (κ3) is 3.25. The molecule has 0 unspecified atom stereocenters. The van der Waals surface area contributed by atoms with Crippen molar-refractivity contribution in [2.75, 3.05) is 14.1 Å². The predicted octanol–water partition coefficient (Wildman–Crippen LogP) is 2.37. The number of hydrogen-bond donors (Lipinski definition) is 1. The molecule has 0 amide bonds. The Morgan fingerprint density at radius 2 is 2.13 bits per heavy atom. The second kappa shape index (κ2) is 4.79. The molecule has 0 aromatic heterocycles. The normalized spacial score (nSPS) is 12.5. The van der Waals surface area contributed by atoms with Crippen LogP contribution in [0.15, 0.2) is 24.3 Å². The summed E-state index contributed by atoms with van der Waals surface area (Å²) < 4.78 is 4.58. The second-order valence-electron chi connectivity index (χ2n) is 3.58. The highest BCUT2D eigenvalue weighted by Gasteiger charge is 2.09. The lowest BCUT2D eigenvalue weighted by atomic mass is 10.1. The summed E-state index contributed by atoms with van der Waals surface area (Å²) in [6, 6.07) is 7.31. The zero-order chi connectivity index (χ0) is 11.4. The van der Waals surface area contributed by atoms with Crippen molar-refractivity contribution in [3.63, 3.8) is 0 Å². The Kier molecular flexibility index (Phi) is 3.68. The first-order valence-electron chi connectivity index (χ1n) is 4.68. The first-order valence-corrected chi connectivity index (χ1v) is 4.68. The van der Waals surface area contributed by atoms with Crippen LogP contribution in [0.2, 0.25) is 0 Å². The van der Waals surface area contributed by atoms with Gasteiger partial charge in [-0.15, -0.1) is 0 Å². The fourth-order valence-corrected chi connectivity index (χ4v) is 1.24. The molecule has 0 saturated heterocycles. The van der Waals surface area contributed by atoms with Crippen LogP contribution in [-0.4, -0.2) is 30.3 Å². The van der Waals surface area contributed by atoms with Gasteiger partial charge in [-0.05, 0) is 38.7 Å². The van der Waals surface area contributed by atoms with Crippen molar-refractivity contribution in [1.29, 1.82) is 0 Å². The molecular weight excluding hydrogens is 194 g/mol. The maximum absolute atomic E-state index is 10.4. The maximum atomic E-state index is 10.4. The Morgan fingerprint density at radius 1 is 1.47 bits per heavy atom. The molecule has 1 aromatic carbocycles. The van der Waals surface area contributed by atoms with Gasteiger partial charge in [0.2, 0.25) is 0 Å². The highest BCUT2D eigenvalue weighted by Crippen LogP contribution is 2.21. The fraction of sp³-hybridized carbons (Fsp3) is 0.364. The van der Waals surface area contributed by atoms with Gasteiger partial charge in [-0.3, -0.25) is 0 Å². The van der Waals surface area contributed by atoms with Crippen LogP contribution in [0.3, 0.4) is 0 Å². The van der Waals surface area contributed by atoms with Crippen LogP contribution in [0.5, 0.6) is 5.75 Å². The van der Waals surface area contributed by atoms with Crippen LogP contribution in [0.25, 0.3) is 0 Å². The smallest absolute Gasteiger partial charge is 0.449 e. The molecule has 0 fully saturated rings. The van der Waals surface area contributed by atoms with Gasteiger partial charge in [0, 0.05) is 6.04 Å². The van der Waals surface area contributed by atoms with Crippen molar-refractivity contribution in [2.45, 2.75) is 13.0 Å². The quantitative estimate of drug-likeness (QED) is 0.613. The molecule has 0 aliphatic carbocycles. The summed E-state index contributed by atoms with van der Waals surface area (Å²) in [7, 11) is 3.94. The van der Waals surface area contributed by atoms with Gasteiger partial charge < -0.3 is 14.7 Å². The Hall–Kier alpha value is -1.55. The van der Waals surface area contributed by atoms with Gasteiger partial charge in [0.1, 0.15) is 5.75 Å². The third-order valence-corrected chi connectivity index (χ3v) is 2.32. The van der Waals surface area contributed by atoms with Crippen molar-refractivity contribution in [2.24, 2.45) is 0 Å². The van der Waals surface area contributed by atoms with E-state index in [9.17, 15) is 4.79 Å². The van der Waals surface area contributed by atoms with E-state index in [1.807, 2.05) is 32.0 Å². The van der Waals surface area contributed by atoms with Crippen molar-refractivity contribution in [1.82, 2.24) is 4.90 Å². The summed E-state index contributed by atoms with van der Waals surface area (Å²) in [4.78, 5) is 12.4. The van der Waals surface area contributed by atoms with Crippen LogP contribution in [0.4, 0.5) is 4.79 Å². The predicted molar refractivity (Wildman–Crippen MR) is 57.2 cm³/mol. The number of nitrogens with zero attached hydrogens (tertiary/aromatic N) is 1. The van der Waals surface area contributed by atoms with E-state index in [0.29, 0.717) is 5.75 Å². The van der Waals surface area contributed by atoms with Gasteiger partial charge in [-0.25, -0.2) is 4.79 Å². The molecule has 0 aliphatic rings. The molecule has 1 aromatic rings. The number of rotatable bonds is 3. The standard InChI is InChI=1S/C11H15NO3/c1-8(12(2)3)9-5-4-6-10(7-9)15-11(13)14/h4-8H,1-3H3,(H,13,14)/t8-/m0/s1. The first-order chi connectivity index (χ1) is 7.00. The average molecular weight is 209 g/mol. The van der Waals surface area contributed by atoms with Gasteiger partial charge in [0.15, 0.2) is 0 Å². The highest BCUT2D eigenvalue weighted by molar-refractivity contribution is 5.61. The van der Waals surface area contributed by atoms with Gasteiger partial charge in [-0.1, -0.05) is 12.1 Å². The topological polar surface area (TPSA) is 49.8 Å². The number of ether oxygens (including phenoxy) is 1. The van der Waals surface area contributed by atoms with E-state index >= 15 is 0 Å². The summed E-state index contributed by atoms with van der Waals surface area (Å²) in [6.45, 7) is 2.04. The molecule has 1 atom stereocenters. The number of benzene rings is 1. The monoisotopic (exact) mass is 209 g/mol. The second-order valence-corrected chi connectivity index (χ2v) is 3.58. The first kappa shape index (κ1) is 11.5. The zero-order valence-corrected chi connectivity index (χ0v) is 9.10. The molecular formula is C11H15NO3. The molecule has 15 heavy (non-hydrogen) atoms. The Bertz CT molecular complexity index is 349. The Morgan fingerprint density at radius 3 is 2.67 bits per heavy atom. The summed E-state index contributed by atoms with van der Waals surface area (Å²) in [5, 5.41) is 8.47. The fourth-order valence-electron chi connectivity index (χ4n) is 1.24. The Balaban J connectivity index is 2.87. The van der Waals surface area contributed by atoms with Crippen LogP contribution in [0, 0.1) is 0 Å². The van der Waals surface area contributed by atoms with Crippen LogP contribution >= 0.6 is 0 Å². The van der Waals surface area contributed by atoms with Crippen LogP contribution in [-0.2, 0) is 0 Å². The zero-order valence-electron chi connectivity index (χ0n) is 9.10. The molecule has 1 rings (SSSR count). The molecule has 0 bridgehead atoms. The molecule has 0 radical (unpaired) electrons. The summed E-state index contributed by atoms with van der Waals surface area (Å²) in [5.74, 6) is 0.355. The summed E-state index contributed by atoms with van der Waals surface area (Å²) in [5.41, 5.74) is 1.03. The maximum Gasteiger partial charge on any atom is 0.511 e. The van der Waals surface area contributed by atoms with Crippen molar-refractivity contribution in [3.8, 4) is 5.75 Å². The van der Waals surface area contributed by atoms with Gasteiger partial charge in [0.25, 0.3) is 0 Å². The number of hydrogen-bond acceptors (Lipinski definition) is 3. The molecule has 0 aliphatic heterocycles. The number of carbonyl (C=O) groups is 1. The Labute approximate surface area is 89.1 Å². The summed E-state index contributed by atoms with van der Waals surface area (Å²) >= 11 is 0. The molecule has 82 valence electrons. The highest BCUT2D eigenvalue weighted by atomic mass is 16.7. The molecule has 0 saturated carbocycles. The van der Waals surface area contributed by atoms with Gasteiger partial charge in [0.05, 0.1) is 0 Å². The van der Waals surface area contributed by atoms with Crippen LogP contribution in [0.1, 0.15) is 18.5 Å². The van der Waals surface area contributed by atoms with Crippen LogP contribution < -0.4 is 4.74 Å². The lowest BCUT2D eigenvalue weighted by Crippen LogP contribution is -2.16. The van der Waals surface area contributed by atoms with E-state index in [2.05, 4.69) is 4.74 Å². The lowest BCUT2D eigenvalue weighted by molar-refractivity contribution is 0.144. The minimum atomic E-state index is -1.29. The minimum Gasteiger partial charge on any atom is -0.449 e. The number of carboxylic acid groups (broad SMARTS) is 1. The van der Waals surface area contributed by atoms with Crippen molar-refractivity contribution < 1.29 is 14.6 Å². The van der Waals surface area contributed by atoms with E-state index in [-0.39, 0.29) is 6.04 Å². The van der Waals surface area contributed by atoms with Crippen molar-refractivity contribution in [3.05, 3.63) is 29.8 Å². The van der Waals surface area contributed by atoms with E-state index in [4.69, 9.17) is 5.11 Å². The van der Waals surface area contributed by atoms with Crippen molar-refractivity contribution >= 4 is 6.16 Å². The van der Waals surface area contributed by atoms with Gasteiger partial charge >= 0.3 is 6.16 Å². The molecule has 1 N–H and O–H groups in total. The molecule has 4 heteroatoms.